The average molecular weight is 286 g/mol. The van der Waals surface area contributed by atoms with Gasteiger partial charge in [-0.15, -0.1) is 0 Å². The molecule has 1 heterocycles. The number of hydrogen-bond donors (Lipinski definition) is 0. The van der Waals surface area contributed by atoms with Crippen LogP contribution in [0.1, 0.15) is 24.0 Å². The first kappa shape index (κ1) is 15.2. The van der Waals surface area contributed by atoms with Crippen LogP contribution in [-0.2, 0) is 17.3 Å². The van der Waals surface area contributed by atoms with Gasteiger partial charge in [-0.1, -0.05) is 6.92 Å². The molecular formula is C15H19F3NO. The van der Waals surface area contributed by atoms with Gasteiger partial charge in [-0.05, 0) is 43.0 Å². The lowest BCUT2D eigenvalue weighted by Crippen LogP contribution is -2.42. The summed E-state index contributed by atoms with van der Waals surface area (Å²) in [6.07, 6.45) is -2.11. The van der Waals surface area contributed by atoms with E-state index in [1.54, 1.807) is 13.2 Å². The smallest absolute Gasteiger partial charge is 0.383 e. The number of alkyl halides is 3. The van der Waals surface area contributed by atoms with E-state index in [4.69, 9.17) is 4.74 Å². The summed E-state index contributed by atoms with van der Waals surface area (Å²) in [6, 6.07) is 4.22. The van der Waals surface area contributed by atoms with Crippen LogP contribution in [0.2, 0.25) is 0 Å². The van der Waals surface area contributed by atoms with Gasteiger partial charge in [-0.2, -0.15) is 13.2 Å². The van der Waals surface area contributed by atoms with Crippen LogP contribution in [0.5, 0.6) is 0 Å². The molecule has 0 saturated heterocycles. The maximum Gasteiger partial charge on any atom is 0.416 e. The number of anilines is 1. The molecule has 2 rings (SSSR count). The quantitative estimate of drug-likeness (QED) is 0.837. The van der Waals surface area contributed by atoms with E-state index >= 15 is 0 Å². The molecule has 5 heteroatoms. The molecule has 1 aliphatic rings. The van der Waals surface area contributed by atoms with Crippen LogP contribution in [0, 0.1) is 6.92 Å². The summed E-state index contributed by atoms with van der Waals surface area (Å²) in [4.78, 5) is 2.12. The molecule has 20 heavy (non-hydrogen) atoms. The molecular weight excluding hydrogens is 267 g/mol. The number of fused-ring (bicyclic) bond motifs is 1. The number of hydrogen-bond acceptors (Lipinski definition) is 2. The number of aryl methyl sites for hydroxylation is 1. The standard InChI is InChI=1S/C15H19F3NO/c1-3-8-19-13(10-20-2)6-4-11-9-12(15(16,17)18)5-7-14(11)19/h5,7,9,13H,1,3-4,6,8,10H2,2H3. The molecule has 0 aliphatic carbocycles. The van der Waals surface area contributed by atoms with Crippen LogP contribution in [-0.4, -0.2) is 26.3 Å². The molecule has 0 fully saturated rings. The fraction of sp³-hybridized carbons (Fsp3) is 0.533. The van der Waals surface area contributed by atoms with Crippen LogP contribution < -0.4 is 4.90 Å². The van der Waals surface area contributed by atoms with Crippen LogP contribution >= 0.6 is 0 Å². The number of benzene rings is 1. The summed E-state index contributed by atoms with van der Waals surface area (Å²) in [5.41, 5.74) is 1.08. The van der Waals surface area contributed by atoms with Crippen molar-refractivity contribution in [1.82, 2.24) is 0 Å². The van der Waals surface area contributed by atoms with Gasteiger partial charge in [0, 0.05) is 19.3 Å². The van der Waals surface area contributed by atoms with Crippen molar-refractivity contribution in [3.8, 4) is 0 Å². The van der Waals surface area contributed by atoms with Gasteiger partial charge in [0.05, 0.1) is 18.2 Å². The first-order valence-electron chi connectivity index (χ1n) is 6.72. The maximum absolute atomic E-state index is 12.8. The van der Waals surface area contributed by atoms with Gasteiger partial charge >= 0.3 is 6.18 Å². The monoisotopic (exact) mass is 286 g/mol. The minimum absolute atomic E-state index is 0.214. The predicted octanol–water partition coefficient (Wildman–Crippen LogP) is 3.70. The SMILES string of the molecule is [CH2]CCN1c2ccc(C(F)(F)F)cc2CCC1COC. The minimum atomic E-state index is -4.28. The summed E-state index contributed by atoms with van der Waals surface area (Å²) in [5, 5.41) is 0. The Bertz CT molecular complexity index is 459. The van der Waals surface area contributed by atoms with Crippen molar-refractivity contribution in [3.05, 3.63) is 36.2 Å². The zero-order chi connectivity index (χ0) is 14.8. The van der Waals surface area contributed by atoms with Crippen LogP contribution in [0.25, 0.3) is 0 Å². The Morgan fingerprint density at radius 3 is 2.75 bits per heavy atom. The zero-order valence-corrected chi connectivity index (χ0v) is 11.5. The highest BCUT2D eigenvalue weighted by Gasteiger charge is 2.33. The summed E-state index contributed by atoms with van der Waals surface area (Å²) in [5.74, 6) is 0. The second kappa shape index (κ2) is 6.04. The lowest BCUT2D eigenvalue weighted by molar-refractivity contribution is -0.137. The lowest BCUT2D eigenvalue weighted by atomic mass is 9.94. The van der Waals surface area contributed by atoms with Crippen molar-refractivity contribution in [2.45, 2.75) is 31.5 Å². The number of methoxy groups -OCH3 is 1. The predicted molar refractivity (Wildman–Crippen MR) is 72.7 cm³/mol. The normalized spacial score (nSPS) is 19.1. The molecule has 0 aromatic heterocycles. The third-order valence-electron chi connectivity index (χ3n) is 3.66. The summed E-state index contributed by atoms with van der Waals surface area (Å²) < 4.78 is 43.5. The third-order valence-corrected chi connectivity index (χ3v) is 3.66. The summed E-state index contributed by atoms with van der Waals surface area (Å²) >= 11 is 0. The van der Waals surface area contributed by atoms with Crippen molar-refractivity contribution in [2.75, 3.05) is 25.2 Å². The van der Waals surface area contributed by atoms with Crippen molar-refractivity contribution in [3.63, 3.8) is 0 Å². The second-order valence-electron chi connectivity index (χ2n) is 5.04. The van der Waals surface area contributed by atoms with E-state index in [9.17, 15) is 13.2 Å². The Hall–Kier alpha value is -1.23. The van der Waals surface area contributed by atoms with Gasteiger partial charge in [0.1, 0.15) is 0 Å². The number of rotatable bonds is 4. The molecule has 1 radical (unpaired) electrons. The van der Waals surface area contributed by atoms with Crippen LogP contribution in [0.3, 0.4) is 0 Å². The molecule has 1 unspecified atom stereocenters. The Balaban J connectivity index is 2.33. The van der Waals surface area contributed by atoms with Crippen molar-refractivity contribution in [1.29, 1.82) is 0 Å². The van der Waals surface area contributed by atoms with Gasteiger partial charge in [-0.3, -0.25) is 0 Å². The number of nitrogens with zero attached hydrogens (tertiary/aromatic N) is 1. The van der Waals surface area contributed by atoms with E-state index in [-0.39, 0.29) is 6.04 Å². The highest BCUT2D eigenvalue weighted by molar-refractivity contribution is 5.58. The van der Waals surface area contributed by atoms with E-state index in [2.05, 4.69) is 11.8 Å². The zero-order valence-electron chi connectivity index (χ0n) is 11.5. The summed E-state index contributed by atoms with van der Waals surface area (Å²) in [6.45, 7) is 5.15. The highest BCUT2D eigenvalue weighted by atomic mass is 19.4. The van der Waals surface area contributed by atoms with E-state index < -0.39 is 11.7 Å². The van der Waals surface area contributed by atoms with E-state index in [1.807, 2.05) is 0 Å². The van der Waals surface area contributed by atoms with Gasteiger partial charge in [0.2, 0.25) is 0 Å². The maximum atomic E-state index is 12.8. The first-order valence-corrected chi connectivity index (χ1v) is 6.72. The number of ether oxygens (including phenoxy) is 1. The molecule has 0 spiro atoms. The fourth-order valence-electron chi connectivity index (χ4n) is 2.76. The molecule has 0 bridgehead atoms. The highest BCUT2D eigenvalue weighted by Crippen LogP contribution is 2.36. The van der Waals surface area contributed by atoms with E-state index in [0.717, 1.165) is 30.3 Å². The Morgan fingerprint density at radius 2 is 2.15 bits per heavy atom. The Kier molecular flexibility index (Phi) is 4.58. The molecule has 0 N–H and O–H groups in total. The molecule has 0 saturated carbocycles. The van der Waals surface area contributed by atoms with Gasteiger partial charge in [0.15, 0.2) is 0 Å². The minimum Gasteiger partial charge on any atom is -0.383 e. The third kappa shape index (κ3) is 3.08. The Labute approximate surface area is 117 Å². The van der Waals surface area contributed by atoms with Gasteiger partial charge in [-0.25, -0.2) is 0 Å². The fourth-order valence-corrected chi connectivity index (χ4v) is 2.76. The second-order valence-corrected chi connectivity index (χ2v) is 5.04. The van der Waals surface area contributed by atoms with E-state index in [1.165, 1.54) is 6.07 Å². The topological polar surface area (TPSA) is 12.5 Å². The molecule has 1 aromatic carbocycles. The summed E-state index contributed by atoms with van der Waals surface area (Å²) in [7, 11) is 1.64. The molecule has 1 atom stereocenters. The van der Waals surface area contributed by atoms with Gasteiger partial charge in [0.25, 0.3) is 0 Å². The first-order chi connectivity index (χ1) is 9.47. The Morgan fingerprint density at radius 1 is 1.40 bits per heavy atom. The van der Waals surface area contributed by atoms with Crippen molar-refractivity contribution >= 4 is 5.69 Å². The van der Waals surface area contributed by atoms with Crippen molar-refractivity contribution in [2.24, 2.45) is 0 Å². The molecule has 1 aromatic rings. The van der Waals surface area contributed by atoms with Crippen LogP contribution in [0.15, 0.2) is 18.2 Å². The van der Waals surface area contributed by atoms with Crippen LogP contribution in [0.4, 0.5) is 18.9 Å². The largest absolute Gasteiger partial charge is 0.416 e. The van der Waals surface area contributed by atoms with Gasteiger partial charge < -0.3 is 9.64 Å². The van der Waals surface area contributed by atoms with E-state index in [0.29, 0.717) is 19.4 Å². The molecule has 111 valence electrons. The number of halogens is 3. The molecule has 2 nitrogen and oxygen atoms in total. The lowest BCUT2D eigenvalue weighted by Gasteiger charge is -2.38. The molecule has 0 amide bonds. The van der Waals surface area contributed by atoms with Crippen molar-refractivity contribution < 1.29 is 17.9 Å². The molecule has 1 aliphatic heterocycles. The average Bonchev–Trinajstić information content (AvgIpc) is 2.40.